The van der Waals surface area contributed by atoms with Gasteiger partial charge in [-0.05, 0) is 38.0 Å². The number of rotatable bonds is 4. The van der Waals surface area contributed by atoms with Crippen LogP contribution in [0.15, 0.2) is 24.3 Å². The standard InChI is InChI=1S/C15H20N2O3/c1-15(2,13(18)19)10-11-4-6-12(7-5-11)17-9-8-16(3)14(17)20/h4-7H,8-10H2,1-3H3,(H,18,19). The molecule has 1 aliphatic heterocycles. The second kappa shape index (κ2) is 5.15. The molecule has 1 N–H and O–H groups in total. The van der Waals surface area contributed by atoms with E-state index in [0.717, 1.165) is 17.8 Å². The van der Waals surface area contributed by atoms with Gasteiger partial charge in [-0.1, -0.05) is 12.1 Å². The largest absolute Gasteiger partial charge is 0.481 e. The summed E-state index contributed by atoms with van der Waals surface area (Å²) >= 11 is 0. The number of aliphatic carboxylic acids is 1. The molecule has 0 radical (unpaired) electrons. The molecule has 108 valence electrons. The van der Waals surface area contributed by atoms with Gasteiger partial charge in [-0.15, -0.1) is 0 Å². The van der Waals surface area contributed by atoms with Crippen molar-refractivity contribution in [1.82, 2.24) is 4.90 Å². The molecule has 0 aromatic heterocycles. The minimum absolute atomic E-state index is 0.00335. The van der Waals surface area contributed by atoms with Gasteiger partial charge in [-0.3, -0.25) is 9.69 Å². The molecule has 5 heteroatoms. The number of nitrogens with zero attached hydrogens (tertiary/aromatic N) is 2. The molecule has 20 heavy (non-hydrogen) atoms. The summed E-state index contributed by atoms with van der Waals surface area (Å²) < 4.78 is 0. The molecule has 1 fully saturated rings. The number of carboxylic acids is 1. The second-order valence-electron chi connectivity index (χ2n) is 5.89. The number of benzene rings is 1. The van der Waals surface area contributed by atoms with Crippen LogP contribution in [0.5, 0.6) is 0 Å². The zero-order valence-electron chi connectivity index (χ0n) is 12.1. The number of hydrogen-bond donors (Lipinski definition) is 1. The summed E-state index contributed by atoms with van der Waals surface area (Å²) in [6.45, 7) is 4.84. The summed E-state index contributed by atoms with van der Waals surface area (Å²) in [7, 11) is 1.78. The third-order valence-corrected chi connectivity index (χ3v) is 3.69. The molecule has 2 rings (SSSR count). The number of anilines is 1. The number of carbonyl (C=O) groups is 2. The molecular weight excluding hydrogens is 256 g/mol. The number of carbonyl (C=O) groups excluding carboxylic acids is 1. The summed E-state index contributed by atoms with van der Waals surface area (Å²) in [5.41, 5.74) is 1.03. The molecule has 1 aliphatic rings. The van der Waals surface area contributed by atoms with Crippen molar-refractivity contribution in [2.75, 3.05) is 25.0 Å². The van der Waals surface area contributed by atoms with Crippen molar-refractivity contribution in [3.8, 4) is 0 Å². The zero-order chi connectivity index (χ0) is 14.9. The molecular formula is C15H20N2O3. The Labute approximate surface area is 118 Å². The minimum atomic E-state index is -0.807. The van der Waals surface area contributed by atoms with Crippen molar-refractivity contribution < 1.29 is 14.7 Å². The molecule has 1 heterocycles. The summed E-state index contributed by atoms with van der Waals surface area (Å²) in [5, 5.41) is 9.14. The maximum Gasteiger partial charge on any atom is 0.324 e. The van der Waals surface area contributed by atoms with Crippen LogP contribution < -0.4 is 4.90 Å². The Bertz CT molecular complexity index is 522. The Kier molecular flexibility index (Phi) is 3.70. The van der Waals surface area contributed by atoms with Crippen LogP contribution in [-0.2, 0) is 11.2 Å². The zero-order valence-corrected chi connectivity index (χ0v) is 12.1. The monoisotopic (exact) mass is 276 g/mol. The molecule has 0 spiro atoms. The lowest BCUT2D eigenvalue weighted by molar-refractivity contribution is -0.146. The van der Waals surface area contributed by atoms with Gasteiger partial charge in [0.1, 0.15) is 0 Å². The molecule has 0 bridgehead atoms. The predicted octanol–water partition coefficient (Wildman–Crippen LogP) is 2.21. The summed E-state index contributed by atoms with van der Waals surface area (Å²) in [6.07, 6.45) is 0.469. The van der Waals surface area contributed by atoms with Gasteiger partial charge in [0.2, 0.25) is 0 Å². The van der Waals surface area contributed by atoms with E-state index in [1.165, 1.54) is 0 Å². The van der Waals surface area contributed by atoms with Gasteiger partial charge in [0.25, 0.3) is 0 Å². The summed E-state index contributed by atoms with van der Waals surface area (Å²) in [6, 6.07) is 7.55. The van der Waals surface area contributed by atoms with E-state index < -0.39 is 11.4 Å². The Morgan fingerprint density at radius 3 is 2.30 bits per heavy atom. The fourth-order valence-electron chi connectivity index (χ4n) is 2.27. The molecule has 1 aromatic rings. The van der Waals surface area contributed by atoms with Crippen molar-refractivity contribution in [1.29, 1.82) is 0 Å². The Morgan fingerprint density at radius 2 is 1.85 bits per heavy atom. The van der Waals surface area contributed by atoms with E-state index in [-0.39, 0.29) is 6.03 Å². The maximum absolute atomic E-state index is 11.9. The molecule has 0 aliphatic carbocycles. The van der Waals surface area contributed by atoms with Gasteiger partial charge in [0.05, 0.1) is 5.41 Å². The second-order valence-corrected chi connectivity index (χ2v) is 5.89. The highest BCUT2D eigenvalue weighted by Gasteiger charge is 2.28. The van der Waals surface area contributed by atoms with Crippen LogP contribution in [0.3, 0.4) is 0 Å². The number of likely N-dealkylation sites (N-methyl/N-ethyl adjacent to an activating group) is 1. The quantitative estimate of drug-likeness (QED) is 0.917. The van der Waals surface area contributed by atoms with Crippen LogP contribution in [0.4, 0.5) is 10.5 Å². The molecule has 1 aromatic carbocycles. The van der Waals surface area contributed by atoms with Crippen LogP contribution in [0.2, 0.25) is 0 Å². The van der Waals surface area contributed by atoms with Crippen LogP contribution in [0.25, 0.3) is 0 Å². The van der Waals surface area contributed by atoms with E-state index in [1.807, 2.05) is 24.3 Å². The highest BCUT2D eigenvalue weighted by molar-refractivity contribution is 5.93. The summed E-state index contributed by atoms with van der Waals surface area (Å²) in [5.74, 6) is -0.807. The number of carboxylic acid groups (broad SMARTS) is 1. The molecule has 1 saturated heterocycles. The van der Waals surface area contributed by atoms with Gasteiger partial charge in [-0.25, -0.2) is 4.79 Å². The number of hydrogen-bond acceptors (Lipinski definition) is 2. The lowest BCUT2D eigenvalue weighted by Gasteiger charge is -2.20. The Balaban J connectivity index is 2.11. The van der Waals surface area contributed by atoms with Gasteiger partial charge < -0.3 is 10.0 Å². The smallest absolute Gasteiger partial charge is 0.324 e. The first-order valence-corrected chi connectivity index (χ1v) is 6.66. The average Bonchev–Trinajstić information content (AvgIpc) is 2.71. The van der Waals surface area contributed by atoms with E-state index in [4.69, 9.17) is 5.11 Å². The van der Waals surface area contributed by atoms with Crippen LogP contribution in [-0.4, -0.2) is 42.1 Å². The van der Waals surface area contributed by atoms with Crippen LogP contribution in [0.1, 0.15) is 19.4 Å². The van der Waals surface area contributed by atoms with Crippen molar-refractivity contribution in [3.63, 3.8) is 0 Å². The lowest BCUT2D eigenvalue weighted by Crippen LogP contribution is -2.29. The topological polar surface area (TPSA) is 60.9 Å². The SMILES string of the molecule is CN1CCN(c2ccc(CC(C)(C)C(=O)O)cc2)C1=O. The van der Waals surface area contributed by atoms with Crippen molar-refractivity contribution in [2.24, 2.45) is 5.41 Å². The van der Waals surface area contributed by atoms with Gasteiger partial charge >= 0.3 is 12.0 Å². The van der Waals surface area contributed by atoms with Gasteiger partial charge in [0, 0.05) is 25.8 Å². The first-order chi connectivity index (χ1) is 9.31. The molecule has 0 unspecified atom stereocenters. The van der Waals surface area contributed by atoms with Crippen LogP contribution in [0, 0.1) is 5.41 Å². The Hall–Kier alpha value is -2.04. The highest BCUT2D eigenvalue weighted by Crippen LogP contribution is 2.25. The van der Waals surface area contributed by atoms with E-state index in [2.05, 4.69) is 0 Å². The van der Waals surface area contributed by atoms with E-state index in [9.17, 15) is 9.59 Å². The van der Waals surface area contributed by atoms with Crippen molar-refractivity contribution >= 4 is 17.7 Å². The third kappa shape index (κ3) is 2.76. The average molecular weight is 276 g/mol. The fourth-order valence-corrected chi connectivity index (χ4v) is 2.27. The Morgan fingerprint density at radius 1 is 1.25 bits per heavy atom. The third-order valence-electron chi connectivity index (χ3n) is 3.69. The maximum atomic E-state index is 11.9. The molecule has 0 saturated carbocycles. The number of urea groups is 1. The van der Waals surface area contributed by atoms with E-state index >= 15 is 0 Å². The predicted molar refractivity (Wildman–Crippen MR) is 76.9 cm³/mol. The van der Waals surface area contributed by atoms with Crippen LogP contribution >= 0.6 is 0 Å². The minimum Gasteiger partial charge on any atom is -0.481 e. The fraction of sp³-hybridized carbons (Fsp3) is 0.467. The lowest BCUT2D eigenvalue weighted by atomic mass is 9.86. The highest BCUT2D eigenvalue weighted by atomic mass is 16.4. The molecule has 0 atom stereocenters. The molecule has 2 amide bonds. The van der Waals surface area contributed by atoms with E-state index in [0.29, 0.717) is 13.0 Å². The first-order valence-electron chi connectivity index (χ1n) is 6.66. The first kappa shape index (κ1) is 14.4. The van der Waals surface area contributed by atoms with Crippen molar-refractivity contribution in [3.05, 3.63) is 29.8 Å². The normalized spacial score (nSPS) is 15.8. The van der Waals surface area contributed by atoms with Crippen molar-refractivity contribution in [2.45, 2.75) is 20.3 Å². The van der Waals surface area contributed by atoms with E-state index in [1.54, 1.807) is 30.7 Å². The molecule has 5 nitrogen and oxygen atoms in total. The summed E-state index contributed by atoms with van der Waals surface area (Å²) in [4.78, 5) is 26.4. The number of amides is 2. The van der Waals surface area contributed by atoms with Gasteiger partial charge in [-0.2, -0.15) is 0 Å². The van der Waals surface area contributed by atoms with Gasteiger partial charge in [0.15, 0.2) is 0 Å².